The van der Waals surface area contributed by atoms with Crippen LogP contribution in [0.25, 0.3) is 0 Å². The van der Waals surface area contributed by atoms with Crippen LogP contribution < -0.4 is 16.0 Å². The Kier molecular flexibility index (Phi) is 7.65. The molecule has 1 aromatic carbocycles. The van der Waals surface area contributed by atoms with Crippen molar-refractivity contribution in [2.24, 2.45) is 11.7 Å². The van der Waals surface area contributed by atoms with Gasteiger partial charge >= 0.3 is 0 Å². The normalized spacial score (nSPS) is 23.5. The third kappa shape index (κ3) is 4.52. The van der Waals surface area contributed by atoms with Crippen LogP contribution in [0.15, 0.2) is 24.3 Å². The topological polar surface area (TPSA) is 58.4 Å². The van der Waals surface area contributed by atoms with Gasteiger partial charge in [0.05, 0.1) is 0 Å². The van der Waals surface area contributed by atoms with Gasteiger partial charge < -0.3 is 16.0 Å². The zero-order chi connectivity index (χ0) is 14.8. The van der Waals surface area contributed by atoms with E-state index in [1.807, 2.05) is 0 Å². The van der Waals surface area contributed by atoms with Crippen LogP contribution in [0.3, 0.4) is 0 Å². The second kappa shape index (κ2) is 8.76. The zero-order valence-corrected chi connectivity index (χ0v) is 15.2. The highest BCUT2D eigenvalue weighted by molar-refractivity contribution is 5.85. The quantitative estimate of drug-likeness (QED) is 0.868. The fraction of sp³-hybridized carbons (Fsp3) is 0.588. The smallest absolute Gasteiger partial charge is 0.223 e. The van der Waals surface area contributed by atoms with E-state index in [0.29, 0.717) is 12.6 Å². The fourth-order valence-corrected chi connectivity index (χ4v) is 3.58. The van der Waals surface area contributed by atoms with Gasteiger partial charge in [-0.15, -0.1) is 24.8 Å². The van der Waals surface area contributed by atoms with Gasteiger partial charge in [0, 0.05) is 36.8 Å². The zero-order valence-electron chi connectivity index (χ0n) is 13.5. The van der Waals surface area contributed by atoms with Crippen LogP contribution >= 0.6 is 24.8 Å². The van der Waals surface area contributed by atoms with E-state index in [2.05, 4.69) is 41.4 Å². The lowest BCUT2D eigenvalue weighted by Gasteiger charge is -2.28. The summed E-state index contributed by atoms with van der Waals surface area (Å²) >= 11 is 0. The number of carbonyl (C=O) groups excluding carboxylic acids is 1. The number of hydrogen-bond acceptors (Lipinski definition) is 3. The molecule has 1 aliphatic heterocycles. The molecular weight excluding hydrogens is 333 g/mol. The van der Waals surface area contributed by atoms with Crippen LogP contribution in [0, 0.1) is 5.92 Å². The molecule has 1 aromatic rings. The third-order valence-corrected chi connectivity index (χ3v) is 4.87. The molecule has 6 heteroatoms. The van der Waals surface area contributed by atoms with E-state index in [0.717, 1.165) is 32.2 Å². The minimum absolute atomic E-state index is 0. The summed E-state index contributed by atoms with van der Waals surface area (Å²) in [7, 11) is 0. The lowest BCUT2D eigenvalue weighted by atomic mass is 10.1. The predicted octanol–water partition coefficient (Wildman–Crippen LogP) is 2.52. The molecule has 23 heavy (non-hydrogen) atoms. The Morgan fingerprint density at radius 3 is 2.78 bits per heavy atom. The Bertz CT molecular complexity index is 526. The second-order valence-corrected chi connectivity index (χ2v) is 6.44. The van der Waals surface area contributed by atoms with Gasteiger partial charge in [-0.25, -0.2) is 0 Å². The minimum Gasteiger partial charge on any atom is -0.366 e. The maximum Gasteiger partial charge on any atom is 0.223 e. The molecule has 1 aliphatic carbocycles. The van der Waals surface area contributed by atoms with Gasteiger partial charge in [-0.05, 0) is 44.2 Å². The summed E-state index contributed by atoms with van der Waals surface area (Å²) in [5.41, 5.74) is 8.62. The molecule has 4 nitrogen and oxygen atoms in total. The lowest BCUT2D eigenvalue weighted by molar-refractivity contribution is -0.124. The molecule has 2 aliphatic rings. The molecule has 3 N–H and O–H groups in total. The second-order valence-electron chi connectivity index (χ2n) is 6.44. The number of rotatable bonds is 4. The summed E-state index contributed by atoms with van der Waals surface area (Å²) in [6, 6.07) is 9.09. The summed E-state index contributed by atoms with van der Waals surface area (Å²) in [4.78, 5) is 14.6. The van der Waals surface area contributed by atoms with Gasteiger partial charge in [0.1, 0.15) is 0 Å². The Labute approximate surface area is 151 Å². The van der Waals surface area contributed by atoms with Crippen LogP contribution in [0.2, 0.25) is 0 Å². The average molecular weight is 360 g/mol. The van der Waals surface area contributed by atoms with Gasteiger partial charge in [-0.1, -0.05) is 18.2 Å². The van der Waals surface area contributed by atoms with Crippen molar-refractivity contribution in [1.82, 2.24) is 5.32 Å². The van der Waals surface area contributed by atoms with E-state index in [-0.39, 0.29) is 42.7 Å². The highest BCUT2D eigenvalue weighted by atomic mass is 35.5. The highest BCUT2D eigenvalue weighted by Crippen LogP contribution is 2.29. The number of halogens is 2. The van der Waals surface area contributed by atoms with Gasteiger partial charge in [0.2, 0.25) is 5.91 Å². The van der Waals surface area contributed by atoms with E-state index >= 15 is 0 Å². The van der Waals surface area contributed by atoms with E-state index in [1.54, 1.807) is 0 Å². The largest absolute Gasteiger partial charge is 0.366 e. The maximum atomic E-state index is 12.2. The fourth-order valence-electron chi connectivity index (χ4n) is 3.58. The van der Waals surface area contributed by atoms with Crippen molar-refractivity contribution in [3.63, 3.8) is 0 Å². The van der Waals surface area contributed by atoms with Crippen molar-refractivity contribution < 1.29 is 4.79 Å². The first-order valence-electron chi connectivity index (χ1n) is 8.03. The molecule has 1 fully saturated rings. The van der Waals surface area contributed by atoms with E-state index in [9.17, 15) is 4.79 Å². The van der Waals surface area contributed by atoms with E-state index in [1.165, 1.54) is 11.3 Å². The number of amides is 1. The van der Waals surface area contributed by atoms with Crippen molar-refractivity contribution >= 4 is 36.4 Å². The molecule has 0 aromatic heterocycles. The van der Waals surface area contributed by atoms with Crippen molar-refractivity contribution in [3.05, 3.63) is 29.8 Å². The number of hydrogen-bond donors (Lipinski definition) is 2. The molecule has 130 valence electrons. The number of anilines is 1. The van der Waals surface area contributed by atoms with E-state index in [4.69, 9.17) is 5.73 Å². The number of fused-ring (bicyclic) bond motifs is 1. The SMILES string of the molecule is CC(CNC(=O)C1CCC(N)C1)N1CCc2ccccc21.Cl.Cl. The lowest BCUT2D eigenvalue weighted by Crippen LogP contribution is -2.43. The van der Waals surface area contributed by atoms with Crippen molar-refractivity contribution in [3.8, 4) is 0 Å². The molecule has 0 saturated heterocycles. The molecule has 0 spiro atoms. The van der Waals surface area contributed by atoms with Gasteiger partial charge in [-0.3, -0.25) is 4.79 Å². The number of nitrogens with two attached hydrogens (primary N) is 1. The van der Waals surface area contributed by atoms with E-state index < -0.39 is 0 Å². The van der Waals surface area contributed by atoms with Gasteiger partial charge in [0.25, 0.3) is 0 Å². The molecular formula is C17H27Cl2N3O. The highest BCUT2D eigenvalue weighted by Gasteiger charge is 2.28. The first-order valence-corrected chi connectivity index (χ1v) is 8.03. The summed E-state index contributed by atoms with van der Waals surface area (Å²) in [6.45, 7) is 3.94. The summed E-state index contributed by atoms with van der Waals surface area (Å²) in [6.07, 6.45) is 3.86. The van der Waals surface area contributed by atoms with Crippen molar-refractivity contribution in [2.75, 3.05) is 18.0 Å². The minimum atomic E-state index is 0. The molecule has 0 bridgehead atoms. The predicted molar refractivity (Wildman–Crippen MR) is 99.8 cm³/mol. The van der Waals surface area contributed by atoms with Crippen LogP contribution in [0.5, 0.6) is 0 Å². The summed E-state index contributed by atoms with van der Waals surface area (Å²) in [5.74, 6) is 0.306. The van der Waals surface area contributed by atoms with Crippen molar-refractivity contribution in [1.29, 1.82) is 0 Å². The van der Waals surface area contributed by atoms with Crippen LogP contribution in [0.1, 0.15) is 31.7 Å². The summed E-state index contributed by atoms with van der Waals surface area (Å²) < 4.78 is 0. The van der Waals surface area contributed by atoms with Gasteiger partial charge in [-0.2, -0.15) is 0 Å². The third-order valence-electron chi connectivity index (χ3n) is 4.87. The Morgan fingerprint density at radius 2 is 2.09 bits per heavy atom. The molecule has 3 atom stereocenters. The van der Waals surface area contributed by atoms with Crippen LogP contribution in [-0.4, -0.2) is 31.1 Å². The average Bonchev–Trinajstić information content (AvgIpc) is 3.10. The monoisotopic (exact) mass is 359 g/mol. The molecule has 1 saturated carbocycles. The Balaban J connectivity index is 0.00000132. The number of nitrogens with zero attached hydrogens (tertiary/aromatic N) is 1. The molecule has 1 heterocycles. The Morgan fingerprint density at radius 1 is 1.35 bits per heavy atom. The molecule has 0 radical (unpaired) electrons. The number of benzene rings is 1. The number of para-hydroxylation sites is 1. The first-order chi connectivity index (χ1) is 10.1. The standard InChI is InChI=1S/C17H25N3O.2ClH/c1-12(11-19-17(21)14-6-7-15(18)10-14)20-9-8-13-4-2-3-5-16(13)20;;/h2-5,12,14-15H,6-11,18H2,1H3,(H,19,21);2*1H. The molecule has 1 amide bonds. The first kappa shape index (κ1) is 20.1. The number of nitrogens with one attached hydrogen (secondary N) is 1. The molecule has 3 unspecified atom stereocenters. The number of carbonyl (C=O) groups is 1. The summed E-state index contributed by atoms with van der Waals surface area (Å²) in [5, 5.41) is 3.12. The maximum absolute atomic E-state index is 12.2. The Hall–Kier alpha value is -0.970. The van der Waals surface area contributed by atoms with Crippen LogP contribution in [-0.2, 0) is 11.2 Å². The van der Waals surface area contributed by atoms with Gasteiger partial charge in [0.15, 0.2) is 0 Å². The molecule has 3 rings (SSSR count). The van der Waals surface area contributed by atoms with Crippen LogP contribution in [0.4, 0.5) is 5.69 Å². The van der Waals surface area contributed by atoms with Crippen molar-refractivity contribution in [2.45, 2.75) is 44.7 Å².